The molecule has 1 atom stereocenters. The Balaban J connectivity index is 2.06. The van der Waals surface area contributed by atoms with Crippen LogP contribution in [0.5, 0.6) is 0 Å². The first-order chi connectivity index (χ1) is 10.9. The number of methoxy groups -OCH3 is 1. The lowest BCUT2D eigenvalue weighted by molar-refractivity contribution is 0.124. The first-order valence-electron chi connectivity index (χ1n) is 7.53. The molecule has 1 aliphatic rings. The Bertz CT molecular complexity index is 814. The first kappa shape index (κ1) is 16.2. The summed E-state index contributed by atoms with van der Waals surface area (Å²) >= 11 is 0. The van der Waals surface area contributed by atoms with Crippen molar-refractivity contribution < 1.29 is 13.2 Å². The van der Waals surface area contributed by atoms with E-state index >= 15 is 0 Å². The van der Waals surface area contributed by atoms with E-state index in [1.165, 1.54) is 4.31 Å². The highest BCUT2D eigenvalue weighted by atomic mass is 32.2. The third kappa shape index (κ3) is 2.80. The Labute approximate surface area is 136 Å². The molecular weight excluding hydrogens is 314 g/mol. The van der Waals surface area contributed by atoms with Crippen molar-refractivity contribution in [2.24, 2.45) is 7.05 Å². The molecule has 0 aliphatic carbocycles. The van der Waals surface area contributed by atoms with Gasteiger partial charge in [0.15, 0.2) is 0 Å². The standard InChI is InChI=1S/C16H21N3O3S/c1-12-5-4-6-14(9-12)23(20,21)19-8-7-13-10-17-18(2)16(13)15(19)11-22-3/h4-6,9-10,15H,7-8,11H2,1-3H3/t15-/m0/s1. The van der Waals surface area contributed by atoms with E-state index in [1.54, 1.807) is 30.0 Å². The van der Waals surface area contributed by atoms with Gasteiger partial charge in [-0.25, -0.2) is 8.42 Å². The Morgan fingerprint density at radius 3 is 2.87 bits per heavy atom. The van der Waals surface area contributed by atoms with Crippen LogP contribution < -0.4 is 0 Å². The van der Waals surface area contributed by atoms with Gasteiger partial charge in [-0.1, -0.05) is 12.1 Å². The second-order valence-electron chi connectivity index (χ2n) is 5.83. The maximum Gasteiger partial charge on any atom is 0.243 e. The summed E-state index contributed by atoms with van der Waals surface area (Å²) in [7, 11) is -0.158. The molecule has 0 saturated carbocycles. The average molecular weight is 335 g/mol. The van der Waals surface area contributed by atoms with Gasteiger partial charge in [-0.2, -0.15) is 9.40 Å². The van der Waals surface area contributed by atoms with E-state index in [1.807, 2.05) is 26.2 Å². The van der Waals surface area contributed by atoms with Crippen LogP contribution >= 0.6 is 0 Å². The molecule has 0 unspecified atom stereocenters. The van der Waals surface area contributed by atoms with Gasteiger partial charge in [-0.05, 0) is 36.6 Å². The van der Waals surface area contributed by atoms with Crippen molar-refractivity contribution in [3.05, 3.63) is 47.3 Å². The Morgan fingerprint density at radius 2 is 2.17 bits per heavy atom. The lowest BCUT2D eigenvalue weighted by Gasteiger charge is -2.34. The second-order valence-corrected chi connectivity index (χ2v) is 7.72. The van der Waals surface area contributed by atoms with Crippen LogP contribution in [0.3, 0.4) is 0 Å². The van der Waals surface area contributed by atoms with Crippen LogP contribution in [0.4, 0.5) is 0 Å². The quantitative estimate of drug-likeness (QED) is 0.852. The third-order valence-corrected chi connectivity index (χ3v) is 6.15. The van der Waals surface area contributed by atoms with Crippen LogP contribution in [0.25, 0.3) is 0 Å². The van der Waals surface area contributed by atoms with Crippen LogP contribution in [-0.4, -0.2) is 42.8 Å². The van der Waals surface area contributed by atoms with E-state index < -0.39 is 10.0 Å². The van der Waals surface area contributed by atoms with Crippen LogP contribution in [-0.2, 0) is 28.2 Å². The van der Waals surface area contributed by atoms with Gasteiger partial charge in [0.05, 0.1) is 29.4 Å². The molecule has 1 aromatic carbocycles. The third-order valence-electron chi connectivity index (χ3n) is 4.25. The molecule has 23 heavy (non-hydrogen) atoms. The zero-order valence-corrected chi connectivity index (χ0v) is 14.4. The molecule has 0 bridgehead atoms. The first-order valence-corrected chi connectivity index (χ1v) is 8.97. The van der Waals surface area contributed by atoms with Crippen molar-refractivity contribution in [1.29, 1.82) is 0 Å². The normalized spacial score (nSPS) is 18.8. The lowest BCUT2D eigenvalue weighted by Crippen LogP contribution is -2.42. The van der Waals surface area contributed by atoms with E-state index in [4.69, 9.17) is 4.74 Å². The number of benzene rings is 1. The van der Waals surface area contributed by atoms with E-state index in [0.29, 0.717) is 24.5 Å². The SMILES string of the molecule is COC[C@H]1c2c(cnn2C)CCN1S(=O)(=O)c1cccc(C)c1. The molecule has 0 saturated heterocycles. The molecule has 0 radical (unpaired) electrons. The smallest absolute Gasteiger partial charge is 0.243 e. The number of fused-ring (bicyclic) bond motifs is 1. The molecule has 1 aromatic heterocycles. The molecule has 2 heterocycles. The van der Waals surface area contributed by atoms with Gasteiger partial charge < -0.3 is 4.74 Å². The van der Waals surface area contributed by atoms with Crippen LogP contribution in [0.15, 0.2) is 35.4 Å². The summed E-state index contributed by atoms with van der Waals surface area (Å²) in [6.45, 7) is 2.63. The van der Waals surface area contributed by atoms with Crippen molar-refractivity contribution >= 4 is 10.0 Å². The number of sulfonamides is 1. The minimum atomic E-state index is -3.58. The fourth-order valence-corrected chi connectivity index (χ4v) is 4.84. The van der Waals surface area contributed by atoms with Crippen LogP contribution in [0, 0.1) is 6.92 Å². The maximum atomic E-state index is 13.1. The maximum absolute atomic E-state index is 13.1. The highest BCUT2D eigenvalue weighted by Gasteiger charge is 2.38. The minimum absolute atomic E-state index is 0.303. The highest BCUT2D eigenvalue weighted by Crippen LogP contribution is 2.34. The van der Waals surface area contributed by atoms with Gasteiger partial charge in [-0.3, -0.25) is 4.68 Å². The topological polar surface area (TPSA) is 64.4 Å². The molecule has 124 valence electrons. The summed E-state index contributed by atoms with van der Waals surface area (Å²) < 4.78 is 34.8. The Hall–Kier alpha value is -1.70. The van der Waals surface area contributed by atoms with Crippen molar-refractivity contribution in [3.8, 4) is 0 Å². The molecule has 3 rings (SSSR count). The second kappa shape index (κ2) is 6.07. The summed E-state index contributed by atoms with van der Waals surface area (Å²) in [4.78, 5) is 0.323. The summed E-state index contributed by atoms with van der Waals surface area (Å²) in [5, 5.41) is 4.27. The number of hydrogen-bond donors (Lipinski definition) is 0. The number of aryl methyl sites for hydroxylation is 2. The fraction of sp³-hybridized carbons (Fsp3) is 0.438. The predicted molar refractivity (Wildman–Crippen MR) is 86.6 cm³/mol. The zero-order valence-electron chi connectivity index (χ0n) is 13.6. The average Bonchev–Trinajstić information content (AvgIpc) is 2.89. The van der Waals surface area contributed by atoms with Crippen molar-refractivity contribution in [2.45, 2.75) is 24.3 Å². The molecule has 6 nitrogen and oxygen atoms in total. The van der Waals surface area contributed by atoms with Gasteiger partial charge >= 0.3 is 0 Å². The molecule has 0 fully saturated rings. The van der Waals surface area contributed by atoms with Crippen LogP contribution in [0.1, 0.15) is 22.9 Å². The van der Waals surface area contributed by atoms with Crippen molar-refractivity contribution in [2.75, 3.05) is 20.3 Å². The highest BCUT2D eigenvalue weighted by molar-refractivity contribution is 7.89. The summed E-state index contributed by atoms with van der Waals surface area (Å²) in [5.41, 5.74) is 2.92. The van der Waals surface area contributed by atoms with E-state index in [2.05, 4.69) is 5.10 Å². The lowest BCUT2D eigenvalue weighted by atomic mass is 10.0. The number of nitrogens with zero attached hydrogens (tertiary/aromatic N) is 3. The minimum Gasteiger partial charge on any atom is -0.383 e. The zero-order chi connectivity index (χ0) is 16.6. The van der Waals surface area contributed by atoms with E-state index in [9.17, 15) is 8.42 Å². The number of ether oxygens (including phenoxy) is 1. The monoisotopic (exact) mass is 335 g/mol. The largest absolute Gasteiger partial charge is 0.383 e. The summed E-state index contributed by atoms with van der Waals surface area (Å²) in [5.74, 6) is 0. The van der Waals surface area contributed by atoms with Gasteiger partial charge in [0.1, 0.15) is 0 Å². The molecule has 2 aromatic rings. The number of rotatable bonds is 4. The molecule has 0 spiro atoms. The van der Waals surface area contributed by atoms with Gasteiger partial charge in [-0.15, -0.1) is 0 Å². The van der Waals surface area contributed by atoms with Gasteiger partial charge in [0.2, 0.25) is 10.0 Å². The molecular formula is C16H21N3O3S. The van der Waals surface area contributed by atoms with E-state index in [-0.39, 0.29) is 6.04 Å². The predicted octanol–water partition coefficient (Wildman–Crippen LogP) is 1.66. The Morgan fingerprint density at radius 1 is 1.39 bits per heavy atom. The molecule has 1 aliphatic heterocycles. The molecule has 7 heteroatoms. The Kier molecular flexibility index (Phi) is 4.27. The van der Waals surface area contributed by atoms with E-state index in [0.717, 1.165) is 16.8 Å². The van der Waals surface area contributed by atoms with Crippen molar-refractivity contribution in [3.63, 3.8) is 0 Å². The summed E-state index contributed by atoms with van der Waals surface area (Å²) in [6, 6.07) is 6.65. The molecule has 0 N–H and O–H groups in total. The van der Waals surface area contributed by atoms with Crippen molar-refractivity contribution in [1.82, 2.24) is 14.1 Å². The fourth-order valence-electron chi connectivity index (χ4n) is 3.16. The van der Waals surface area contributed by atoms with Crippen LogP contribution in [0.2, 0.25) is 0 Å². The number of aromatic nitrogens is 2. The van der Waals surface area contributed by atoms with Gasteiger partial charge in [0, 0.05) is 20.7 Å². The molecule has 0 amide bonds. The van der Waals surface area contributed by atoms with Gasteiger partial charge in [0.25, 0.3) is 0 Å². The summed E-state index contributed by atoms with van der Waals surface area (Å²) in [6.07, 6.45) is 2.48. The number of hydrogen-bond acceptors (Lipinski definition) is 4.